The lowest BCUT2D eigenvalue weighted by Gasteiger charge is -2.59. The Morgan fingerprint density at radius 2 is 1.79 bits per heavy atom. The molecule has 1 saturated heterocycles. The van der Waals surface area contributed by atoms with Crippen LogP contribution in [0.25, 0.3) is 0 Å². The molecule has 0 bridgehead atoms. The Bertz CT molecular complexity index is 773. The van der Waals surface area contributed by atoms with Crippen LogP contribution in [0.3, 0.4) is 0 Å². The fraction of sp³-hybridized carbons (Fsp3) is 0.926. The third-order valence-electron chi connectivity index (χ3n) is 11.0. The third-order valence-corrected chi connectivity index (χ3v) is 11.0. The number of aliphatic hydroxyl groups is 4. The predicted molar refractivity (Wildman–Crippen MR) is 124 cm³/mol. The molecule has 4 fully saturated rings. The first kappa shape index (κ1) is 24.2. The molecule has 0 radical (unpaired) electrons. The van der Waals surface area contributed by atoms with Gasteiger partial charge >= 0.3 is 0 Å². The topological polar surface area (TPSA) is 99.4 Å². The second kappa shape index (κ2) is 8.28. The van der Waals surface area contributed by atoms with Crippen LogP contribution in [0.5, 0.6) is 0 Å². The number of rotatable bonds is 3. The number of fused-ring (bicyclic) bond motifs is 5. The monoisotopic (exact) mass is 464 g/mol. The van der Waals surface area contributed by atoms with Crippen molar-refractivity contribution < 1.29 is 29.9 Å². The second-order valence-electron chi connectivity index (χ2n) is 12.4. The maximum atomic E-state index is 12.1. The van der Waals surface area contributed by atoms with Crippen molar-refractivity contribution in [1.82, 2.24) is 0 Å². The Kier molecular flexibility index (Phi) is 6.07. The standard InChI is InChI=1S/C27H44O6/c1-15-24(30)22(29)14-23(32-15)33-16(2)27(31)12-9-21-19-6-5-17-13-18(28)7-10-25(17,3)20(19)8-11-26(21,27)4/h5,15-16,18-24,28-31H,6-14H2,1-4H3/t15-,16-,18-,19+,20-,21+,22-,23-,24-,25-,26-,27-/m0/s1. The molecule has 6 nitrogen and oxygen atoms in total. The van der Waals surface area contributed by atoms with E-state index in [1.165, 1.54) is 5.57 Å². The van der Waals surface area contributed by atoms with Gasteiger partial charge < -0.3 is 29.9 Å². The van der Waals surface area contributed by atoms with Gasteiger partial charge in [0, 0.05) is 11.8 Å². The van der Waals surface area contributed by atoms with E-state index in [-0.39, 0.29) is 23.4 Å². The second-order valence-corrected chi connectivity index (χ2v) is 12.4. The van der Waals surface area contributed by atoms with Crippen molar-refractivity contribution >= 4 is 0 Å². The molecule has 33 heavy (non-hydrogen) atoms. The molecule has 0 amide bonds. The van der Waals surface area contributed by atoms with Crippen molar-refractivity contribution in [2.24, 2.45) is 28.6 Å². The van der Waals surface area contributed by atoms with E-state index < -0.39 is 36.3 Å². The van der Waals surface area contributed by atoms with Gasteiger partial charge in [0.2, 0.25) is 0 Å². The number of allylic oxidation sites excluding steroid dienone is 1. The predicted octanol–water partition coefficient (Wildman–Crippen LogP) is 3.30. The summed E-state index contributed by atoms with van der Waals surface area (Å²) in [6, 6.07) is 0. The Morgan fingerprint density at radius 3 is 2.52 bits per heavy atom. The normalized spacial score (nSPS) is 55.2. The van der Waals surface area contributed by atoms with Gasteiger partial charge in [0.15, 0.2) is 6.29 Å². The van der Waals surface area contributed by atoms with Crippen molar-refractivity contribution in [3.8, 4) is 0 Å². The van der Waals surface area contributed by atoms with Gasteiger partial charge in [-0.2, -0.15) is 0 Å². The van der Waals surface area contributed by atoms with Gasteiger partial charge in [0.05, 0.1) is 30.0 Å². The summed E-state index contributed by atoms with van der Waals surface area (Å²) in [5.41, 5.74) is 0.501. The van der Waals surface area contributed by atoms with Gasteiger partial charge in [0.25, 0.3) is 0 Å². The first-order valence-corrected chi connectivity index (χ1v) is 13.3. The van der Waals surface area contributed by atoms with Gasteiger partial charge in [-0.25, -0.2) is 0 Å². The van der Waals surface area contributed by atoms with Crippen molar-refractivity contribution in [2.75, 3.05) is 0 Å². The van der Waals surface area contributed by atoms with Gasteiger partial charge in [-0.05, 0) is 88.4 Å². The molecule has 12 atom stereocenters. The number of hydrogen-bond acceptors (Lipinski definition) is 6. The molecule has 0 unspecified atom stereocenters. The molecule has 3 saturated carbocycles. The maximum absolute atomic E-state index is 12.1. The average molecular weight is 465 g/mol. The van der Waals surface area contributed by atoms with E-state index in [2.05, 4.69) is 19.9 Å². The van der Waals surface area contributed by atoms with E-state index >= 15 is 0 Å². The molecule has 0 aromatic heterocycles. The minimum atomic E-state index is -0.941. The Balaban J connectivity index is 1.34. The van der Waals surface area contributed by atoms with Gasteiger partial charge in [0.1, 0.15) is 6.10 Å². The zero-order valence-electron chi connectivity index (χ0n) is 20.7. The summed E-state index contributed by atoms with van der Waals surface area (Å²) in [4.78, 5) is 0. The van der Waals surface area contributed by atoms with Crippen molar-refractivity contribution in [1.29, 1.82) is 0 Å². The quantitative estimate of drug-likeness (QED) is 0.479. The minimum absolute atomic E-state index is 0.186. The summed E-state index contributed by atoms with van der Waals surface area (Å²) in [6.45, 7) is 8.40. The third kappa shape index (κ3) is 3.58. The highest BCUT2D eigenvalue weighted by atomic mass is 16.7. The minimum Gasteiger partial charge on any atom is -0.393 e. The fourth-order valence-corrected chi connectivity index (χ4v) is 8.81. The molecule has 188 valence electrons. The molecule has 5 aliphatic rings. The lowest BCUT2D eigenvalue weighted by molar-refractivity contribution is -0.288. The average Bonchev–Trinajstić information content (AvgIpc) is 3.04. The highest BCUT2D eigenvalue weighted by Gasteiger charge is 2.65. The largest absolute Gasteiger partial charge is 0.393 e. The first-order valence-electron chi connectivity index (χ1n) is 13.3. The molecule has 1 heterocycles. The zero-order valence-corrected chi connectivity index (χ0v) is 20.7. The highest BCUT2D eigenvalue weighted by molar-refractivity contribution is 5.26. The molecule has 0 spiro atoms. The Hall–Kier alpha value is -0.500. The zero-order chi connectivity index (χ0) is 23.8. The summed E-state index contributed by atoms with van der Waals surface area (Å²) in [5.74, 6) is 1.64. The lowest BCUT2D eigenvalue weighted by atomic mass is 9.46. The highest BCUT2D eigenvalue weighted by Crippen LogP contribution is 2.67. The molecule has 4 aliphatic carbocycles. The molecule has 0 aromatic carbocycles. The van der Waals surface area contributed by atoms with Crippen molar-refractivity contribution in [3.05, 3.63) is 11.6 Å². The van der Waals surface area contributed by atoms with E-state index in [1.807, 2.05) is 6.92 Å². The van der Waals surface area contributed by atoms with Crippen LogP contribution in [0.15, 0.2) is 11.6 Å². The molecular formula is C27H44O6. The Morgan fingerprint density at radius 1 is 1.06 bits per heavy atom. The maximum Gasteiger partial charge on any atom is 0.161 e. The summed E-state index contributed by atoms with van der Waals surface area (Å²) in [5, 5.41) is 42.5. The Labute approximate surface area is 198 Å². The van der Waals surface area contributed by atoms with Crippen molar-refractivity contribution in [2.45, 2.75) is 128 Å². The molecule has 0 aromatic rings. The summed E-state index contributed by atoms with van der Waals surface area (Å²) >= 11 is 0. The number of hydrogen-bond donors (Lipinski definition) is 4. The fourth-order valence-electron chi connectivity index (χ4n) is 8.81. The molecule has 1 aliphatic heterocycles. The van der Waals surface area contributed by atoms with Crippen LogP contribution in [0, 0.1) is 28.6 Å². The molecule has 6 heteroatoms. The smallest absolute Gasteiger partial charge is 0.161 e. The number of aliphatic hydroxyl groups excluding tert-OH is 3. The number of ether oxygens (including phenoxy) is 2. The SMILES string of the molecule is C[C@@H]1O[C@@H](O[C@@H](C)[C@@]2(O)CC[C@@H]3[C@@H]4CC=C5C[C@@H](O)CC[C@]5(C)[C@H]4CC[C@@]32C)C[C@H](O)[C@H]1O. The van der Waals surface area contributed by atoms with E-state index in [1.54, 1.807) is 6.92 Å². The van der Waals surface area contributed by atoms with Crippen molar-refractivity contribution in [3.63, 3.8) is 0 Å². The van der Waals surface area contributed by atoms with E-state index in [4.69, 9.17) is 9.47 Å². The van der Waals surface area contributed by atoms with Crippen LogP contribution < -0.4 is 0 Å². The lowest BCUT2D eigenvalue weighted by Crippen LogP contribution is -2.59. The summed E-state index contributed by atoms with van der Waals surface area (Å²) in [7, 11) is 0. The molecule has 5 rings (SSSR count). The van der Waals surface area contributed by atoms with Crippen LogP contribution in [0.2, 0.25) is 0 Å². The van der Waals surface area contributed by atoms with E-state index in [0.29, 0.717) is 17.8 Å². The van der Waals surface area contributed by atoms with Crippen LogP contribution in [-0.4, -0.2) is 62.8 Å². The molecule has 4 N–H and O–H groups in total. The van der Waals surface area contributed by atoms with E-state index in [9.17, 15) is 20.4 Å². The van der Waals surface area contributed by atoms with E-state index in [0.717, 1.165) is 51.4 Å². The van der Waals surface area contributed by atoms with Crippen LogP contribution in [0.4, 0.5) is 0 Å². The molecular weight excluding hydrogens is 420 g/mol. The first-order chi connectivity index (χ1) is 15.5. The van der Waals surface area contributed by atoms with Crippen LogP contribution in [0.1, 0.15) is 85.5 Å². The van der Waals surface area contributed by atoms with Crippen LogP contribution >= 0.6 is 0 Å². The van der Waals surface area contributed by atoms with Gasteiger partial charge in [-0.3, -0.25) is 0 Å². The van der Waals surface area contributed by atoms with Crippen LogP contribution in [-0.2, 0) is 9.47 Å². The van der Waals surface area contributed by atoms with Gasteiger partial charge in [-0.1, -0.05) is 25.5 Å². The summed E-state index contributed by atoms with van der Waals surface area (Å²) in [6.07, 6.45) is 6.81. The summed E-state index contributed by atoms with van der Waals surface area (Å²) < 4.78 is 12.1. The van der Waals surface area contributed by atoms with Gasteiger partial charge in [-0.15, -0.1) is 0 Å².